The highest BCUT2D eigenvalue weighted by Gasteiger charge is 2.25. The number of halogens is 1. The average molecular weight is 312 g/mol. The molecular weight excluding hydrogens is 290 g/mol. The summed E-state index contributed by atoms with van der Waals surface area (Å²) < 4.78 is 11.1. The van der Waals surface area contributed by atoms with Crippen molar-refractivity contribution in [2.45, 2.75) is 45.6 Å². The van der Waals surface area contributed by atoms with Crippen molar-refractivity contribution in [2.75, 3.05) is 12.3 Å². The van der Waals surface area contributed by atoms with Gasteiger partial charge in [0.15, 0.2) is 5.75 Å². The summed E-state index contributed by atoms with van der Waals surface area (Å²) >= 11 is 6.22. The molecule has 0 heterocycles. The van der Waals surface area contributed by atoms with E-state index in [1.165, 1.54) is 6.42 Å². The van der Waals surface area contributed by atoms with Crippen molar-refractivity contribution >= 4 is 23.3 Å². The fourth-order valence-corrected chi connectivity index (χ4v) is 3.02. The van der Waals surface area contributed by atoms with Crippen LogP contribution in [0.5, 0.6) is 5.75 Å². The Morgan fingerprint density at radius 3 is 2.86 bits per heavy atom. The van der Waals surface area contributed by atoms with Crippen LogP contribution in [0.1, 0.15) is 49.9 Å². The number of ether oxygens (including phenoxy) is 2. The van der Waals surface area contributed by atoms with Crippen molar-refractivity contribution in [1.29, 1.82) is 0 Å². The van der Waals surface area contributed by atoms with Crippen molar-refractivity contribution in [3.8, 4) is 5.75 Å². The predicted octanol–water partition coefficient (Wildman–Crippen LogP) is 4.06. The molecule has 0 radical (unpaired) electrons. The first-order valence-electron chi connectivity index (χ1n) is 7.44. The van der Waals surface area contributed by atoms with E-state index >= 15 is 0 Å². The third kappa shape index (κ3) is 4.03. The fraction of sp³-hybridized carbons (Fsp3) is 0.562. The van der Waals surface area contributed by atoms with E-state index in [0.717, 1.165) is 19.3 Å². The van der Waals surface area contributed by atoms with Crippen molar-refractivity contribution < 1.29 is 14.3 Å². The van der Waals surface area contributed by atoms with Crippen molar-refractivity contribution in [2.24, 2.45) is 5.92 Å². The lowest BCUT2D eigenvalue weighted by Gasteiger charge is -2.28. The zero-order valence-corrected chi connectivity index (χ0v) is 13.3. The van der Waals surface area contributed by atoms with E-state index in [0.29, 0.717) is 34.5 Å². The molecular formula is C16H22ClNO3. The zero-order valence-electron chi connectivity index (χ0n) is 12.5. The summed E-state index contributed by atoms with van der Waals surface area (Å²) in [5, 5.41) is 0.358. The van der Waals surface area contributed by atoms with Gasteiger partial charge < -0.3 is 15.2 Å². The maximum Gasteiger partial charge on any atom is 0.342 e. The highest BCUT2D eigenvalue weighted by atomic mass is 35.5. The number of benzene rings is 1. The van der Waals surface area contributed by atoms with Crippen LogP contribution in [0.3, 0.4) is 0 Å². The summed E-state index contributed by atoms with van der Waals surface area (Å²) in [6.07, 6.45) is 4.40. The van der Waals surface area contributed by atoms with Gasteiger partial charge in [-0.2, -0.15) is 0 Å². The molecule has 2 unspecified atom stereocenters. The third-order valence-electron chi connectivity index (χ3n) is 3.73. The van der Waals surface area contributed by atoms with Crippen LogP contribution in [0, 0.1) is 5.92 Å². The van der Waals surface area contributed by atoms with Gasteiger partial charge in [0.1, 0.15) is 5.56 Å². The molecule has 1 aliphatic rings. The number of hydrogen-bond donors (Lipinski definition) is 1. The van der Waals surface area contributed by atoms with Gasteiger partial charge in [-0.15, -0.1) is 0 Å². The lowest BCUT2D eigenvalue weighted by molar-refractivity contribution is 0.0515. The van der Waals surface area contributed by atoms with Crippen LogP contribution in [0.15, 0.2) is 12.1 Å². The maximum absolute atomic E-state index is 12.1. The van der Waals surface area contributed by atoms with Gasteiger partial charge in [0.25, 0.3) is 0 Å². The van der Waals surface area contributed by atoms with Crippen LogP contribution in [-0.2, 0) is 4.74 Å². The molecule has 2 N–H and O–H groups in total. The van der Waals surface area contributed by atoms with Crippen LogP contribution < -0.4 is 10.5 Å². The van der Waals surface area contributed by atoms with Gasteiger partial charge in [-0.25, -0.2) is 4.79 Å². The van der Waals surface area contributed by atoms with Crippen LogP contribution >= 0.6 is 11.6 Å². The highest BCUT2D eigenvalue weighted by Crippen LogP contribution is 2.35. The van der Waals surface area contributed by atoms with E-state index in [1.54, 1.807) is 19.1 Å². The lowest BCUT2D eigenvalue weighted by Crippen LogP contribution is -2.25. The number of nitrogens with two attached hydrogens (primary N) is 1. The second-order valence-corrected chi connectivity index (χ2v) is 6.02. The minimum absolute atomic E-state index is 0.0862. The SMILES string of the molecule is CCOC(=O)c1cc(N)cc(Cl)c1OC1CCCC(C)C1. The highest BCUT2D eigenvalue weighted by molar-refractivity contribution is 6.33. The molecule has 0 bridgehead atoms. The van der Waals surface area contributed by atoms with Crippen LogP contribution in [0.4, 0.5) is 5.69 Å². The topological polar surface area (TPSA) is 61.5 Å². The Morgan fingerprint density at radius 1 is 1.43 bits per heavy atom. The second kappa shape index (κ2) is 7.03. The normalized spacial score (nSPS) is 21.9. The average Bonchev–Trinajstić information content (AvgIpc) is 2.42. The summed E-state index contributed by atoms with van der Waals surface area (Å²) in [5.41, 5.74) is 6.50. The Balaban J connectivity index is 2.26. The number of carbonyl (C=O) groups is 1. The van der Waals surface area contributed by atoms with Crippen molar-refractivity contribution in [3.63, 3.8) is 0 Å². The molecule has 1 saturated carbocycles. The molecule has 0 spiro atoms. The molecule has 0 amide bonds. The van der Waals surface area contributed by atoms with E-state index in [1.807, 2.05) is 0 Å². The van der Waals surface area contributed by atoms with Gasteiger partial charge >= 0.3 is 5.97 Å². The van der Waals surface area contributed by atoms with Gasteiger partial charge in [0, 0.05) is 5.69 Å². The van der Waals surface area contributed by atoms with Crippen molar-refractivity contribution in [3.05, 3.63) is 22.7 Å². The monoisotopic (exact) mass is 311 g/mol. The van der Waals surface area contributed by atoms with Crippen molar-refractivity contribution in [1.82, 2.24) is 0 Å². The van der Waals surface area contributed by atoms with E-state index in [9.17, 15) is 4.79 Å². The molecule has 0 aliphatic heterocycles. The number of esters is 1. The van der Waals surface area contributed by atoms with Crippen LogP contribution in [0.2, 0.25) is 5.02 Å². The van der Waals surface area contributed by atoms with Gasteiger partial charge in [-0.3, -0.25) is 0 Å². The Labute approximate surface area is 130 Å². The minimum Gasteiger partial charge on any atom is -0.488 e. The van der Waals surface area contributed by atoms with E-state index in [-0.39, 0.29) is 6.10 Å². The van der Waals surface area contributed by atoms with E-state index in [2.05, 4.69) is 6.92 Å². The van der Waals surface area contributed by atoms with E-state index in [4.69, 9.17) is 26.8 Å². The summed E-state index contributed by atoms with van der Waals surface area (Å²) in [6.45, 7) is 4.27. The van der Waals surface area contributed by atoms with Gasteiger partial charge in [-0.05, 0) is 44.2 Å². The Hall–Kier alpha value is -1.42. The van der Waals surface area contributed by atoms with Crippen LogP contribution in [0.25, 0.3) is 0 Å². The molecule has 1 aromatic rings. The predicted molar refractivity (Wildman–Crippen MR) is 83.9 cm³/mol. The summed E-state index contributed by atoms with van der Waals surface area (Å²) in [7, 11) is 0. The molecule has 2 rings (SSSR count). The van der Waals surface area contributed by atoms with Gasteiger partial charge in [-0.1, -0.05) is 24.9 Å². The standard InChI is InChI=1S/C16H22ClNO3/c1-3-20-16(19)13-8-11(18)9-14(17)15(13)21-12-6-4-5-10(2)7-12/h8-10,12H,3-7,18H2,1-2H3. The largest absolute Gasteiger partial charge is 0.488 e. The molecule has 116 valence electrons. The molecule has 21 heavy (non-hydrogen) atoms. The molecule has 2 atom stereocenters. The molecule has 1 aromatic carbocycles. The Bertz CT molecular complexity index is 518. The molecule has 1 aliphatic carbocycles. The Morgan fingerprint density at radius 2 is 2.19 bits per heavy atom. The zero-order chi connectivity index (χ0) is 15.4. The first-order chi connectivity index (χ1) is 10.0. The van der Waals surface area contributed by atoms with Gasteiger partial charge in [0.05, 0.1) is 17.7 Å². The van der Waals surface area contributed by atoms with Gasteiger partial charge in [0.2, 0.25) is 0 Å². The Kier molecular flexibility index (Phi) is 5.34. The number of anilines is 1. The number of nitrogen functional groups attached to an aromatic ring is 1. The first-order valence-corrected chi connectivity index (χ1v) is 7.81. The van der Waals surface area contributed by atoms with E-state index < -0.39 is 5.97 Å². The summed E-state index contributed by atoms with van der Waals surface area (Å²) in [6, 6.07) is 3.16. The molecule has 0 saturated heterocycles. The first kappa shape index (κ1) is 16.0. The third-order valence-corrected chi connectivity index (χ3v) is 4.01. The maximum atomic E-state index is 12.1. The number of rotatable bonds is 4. The minimum atomic E-state index is -0.453. The molecule has 5 heteroatoms. The molecule has 1 fully saturated rings. The molecule has 0 aromatic heterocycles. The molecule has 4 nitrogen and oxygen atoms in total. The second-order valence-electron chi connectivity index (χ2n) is 5.61. The fourth-order valence-electron chi connectivity index (χ4n) is 2.75. The van der Waals surface area contributed by atoms with Crippen LogP contribution in [-0.4, -0.2) is 18.7 Å². The lowest BCUT2D eigenvalue weighted by atomic mass is 9.88. The number of carbonyl (C=O) groups excluding carboxylic acids is 1. The smallest absolute Gasteiger partial charge is 0.342 e. The quantitative estimate of drug-likeness (QED) is 0.673. The number of hydrogen-bond acceptors (Lipinski definition) is 4. The summed E-state index contributed by atoms with van der Waals surface area (Å²) in [4.78, 5) is 12.1. The summed E-state index contributed by atoms with van der Waals surface area (Å²) in [5.74, 6) is 0.566.